The van der Waals surface area contributed by atoms with Crippen molar-refractivity contribution in [2.45, 2.75) is 26.3 Å². The Labute approximate surface area is 194 Å². The molecule has 3 rings (SSSR count). The number of carbonyl (C=O) groups excluding carboxylic acids is 2. The lowest BCUT2D eigenvalue weighted by Crippen LogP contribution is -2.35. The van der Waals surface area contributed by atoms with Crippen LogP contribution in [0.15, 0.2) is 53.2 Å². The largest absolute Gasteiger partial charge is 0.353 e. The number of benzene rings is 2. The summed E-state index contributed by atoms with van der Waals surface area (Å²) in [5, 5.41) is 3.81. The molecule has 162 valence electrons. The highest BCUT2D eigenvalue weighted by molar-refractivity contribution is 8.14. The van der Waals surface area contributed by atoms with Crippen molar-refractivity contribution in [3.63, 3.8) is 0 Å². The van der Waals surface area contributed by atoms with Gasteiger partial charge >= 0.3 is 0 Å². The summed E-state index contributed by atoms with van der Waals surface area (Å²) < 4.78 is 14.5. The van der Waals surface area contributed by atoms with Gasteiger partial charge in [-0.25, -0.2) is 9.38 Å². The van der Waals surface area contributed by atoms with Crippen molar-refractivity contribution in [2.75, 3.05) is 10.7 Å². The minimum atomic E-state index is -0.566. The molecule has 0 spiro atoms. The number of aliphatic imine (C=N–C) groups is 1. The van der Waals surface area contributed by atoms with E-state index < -0.39 is 11.7 Å². The molecule has 9 heteroatoms. The molecule has 1 heterocycles. The van der Waals surface area contributed by atoms with Crippen LogP contribution in [-0.2, 0) is 9.59 Å². The molecule has 2 amide bonds. The fourth-order valence-corrected chi connectivity index (χ4v) is 3.87. The van der Waals surface area contributed by atoms with Crippen molar-refractivity contribution in [3.05, 3.63) is 69.6 Å². The number of anilines is 1. The van der Waals surface area contributed by atoms with Gasteiger partial charge in [-0.15, -0.1) is 0 Å². The zero-order valence-electron chi connectivity index (χ0n) is 16.9. The number of rotatable bonds is 6. The molecule has 0 saturated carbocycles. The van der Waals surface area contributed by atoms with Crippen molar-refractivity contribution < 1.29 is 14.0 Å². The smallest absolute Gasteiger partial charge is 0.283 e. The molecule has 0 bridgehead atoms. The third kappa shape index (κ3) is 5.67. The highest BCUT2D eigenvalue weighted by Crippen LogP contribution is 2.32. The second-order valence-corrected chi connectivity index (χ2v) is 8.61. The molecule has 0 aromatic heterocycles. The van der Waals surface area contributed by atoms with Gasteiger partial charge in [0.1, 0.15) is 11.5 Å². The summed E-state index contributed by atoms with van der Waals surface area (Å²) in [4.78, 5) is 30.9. The number of thioether (sulfide) groups is 1. The minimum Gasteiger partial charge on any atom is -0.353 e. The van der Waals surface area contributed by atoms with Crippen LogP contribution < -0.4 is 10.2 Å². The lowest BCUT2D eigenvalue weighted by molar-refractivity contribution is -0.119. The quantitative estimate of drug-likeness (QED) is 0.554. The normalized spacial score (nSPS) is 15.9. The maximum Gasteiger partial charge on any atom is 0.283 e. The molecule has 1 N–H and O–H groups in total. The Morgan fingerprint density at radius 2 is 2.00 bits per heavy atom. The van der Waals surface area contributed by atoms with Gasteiger partial charge in [-0.05, 0) is 49.2 Å². The van der Waals surface area contributed by atoms with Crippen LogP contribution in [0, 0.1) is 5.82 Å². The first-order valence-electron chi connectivity index (χ1n) is 9.56. The van der Waals surface area contributed by atoms with Gasteiger partial charge in [0.05, 0.1) is 21.5 Å². The minimum absolute atomic E-state index is 0.0352. The van der Waals surface area contributed by atoms with Gasteiger partial charge in [-0.2, -0.15) is 0 Å². The molecule has 5 nitrogen and oxygen atoms in total. The molecule has 0 fully saturated rings. The predicted octanol–water partition coefficient (Wildman–Crippen LogP) is 5.52. The maximum absolute atomic E-state index is 14.5. The summed E-state index contributed by atoms with van der Waals surface area (Å²) in [7, 11) is 0. The Morgan fingerprint density at radius 1 is 1.26 bits per heavy atom. The Kier molecular flexibility index (Phi) is 7.75. The Hall–Kier alpha value is -2.35. The molecule has 2 aromatic rings. The van der Waals surface area contributed by atoms with E-state index in [-0.39, 0.29) is 34.3 Å². The van der Waals surface area contributed by atoms with Gasteiger partial charge in [-0.1, -0.05) is 60.1 Å². The standard InChI is InChI=1S/C22H20Cl2FN3O2S/c1-3-13(2)26-20(29)12-31-22-27-18(11-14-8-9-15(23)16(24)10-14)21(30)28(22)19-7-5-4-6-17(19)25/h4-11,13H,3,12H2,1-2H3,(H,26,29)/b18-11-. The maximum atomic E-state index is 14.5. The van der Waals surface area contributed by atoms with E-state index in [2.05, 4.69) is 10.3 Å². The van der Waals surface area contributed by atoms with Crippen LogP contribution in [0.5, 0.6) is 0 Å². The Bertz CT molecular complexity index is 1070. The number of nitrogens with one attached hydrogen (secondary N) is 1. The van der Waals surface area contributed by atoms with Crippen molar-refractivity contribution in [1.82, 2.24) is 5.32 Å². The van der Waals surface area contributed by atoms with E-state index in [1.807, 2.05) is 13.8 Å². The average molecular weight is 480 g/mol. The third-order valence-electron chi connectivity index (χ3n) is 4.52. The van der Waals surface area contributed by atoms with Crippen molar-refractivity contribution in [2.24, 2.45) is 4.99 Å². The predicted molar refractivity (Wildman–Crippen MR) is 126 cm³/mol. The average Bonchev–Trinajstić information content (AvgIpc) is 3.04. The number of hydrogen-bond acceptors (Lipinski definition) is 4. The number of halogens is 3. The molecule has 0 aliphatic carbocycles. The van der Waals surface area contributed by atoms with Gasteiger partial charge in [0, 0.05) is 6.04 Å². The molecular weight excluding hydrogens is 460 g/mol. The summed E-state index contributed by atoms with van der Waals surface area (Å²) >= 11 is 13.1. The van der Waals surface area contributed by atoms with Gasteiger partial charge in [0.15, 0.2) is 5.17 Å². The molecule has 1 aliphatic rings. The highest BCUT2D eigenvalue weighted by Gasteiger charge is 2.34. The summed E-state index contributed by atoms with van der Waals surface area (Å²) in [6.07, 6.45) is 2.35. The number of amides is 2. The number of carbonyl (C=O) groups is 2. The van der Waals surface area contributed by atoms with Crippen molar-refractivity contribution in [1.29, 1.82) is 0 Å². The van der Waals surface area contributed by atoms with Crippen LogP contribution in [0.3, 0.4) is 0 Å². The fourth-order valence-electron chi connectivity index (χ4n) is 2.75. The first-order chi connectivity index (χ1) is 14.8. The lowest BCUT2D eigenvalue weighted by Gasteiger charge is -2.18. The van der Waals surface area contributed by atoms with E-state index in [4.69, 9.17) is 23.2 Å². The topological polar surface area (TPSA) is 61.8 Å². The molecule has 1 atom stereocenters. The molecular formula is C22H20Cl2FN3O2S. The second kappa shape index (κ2) is 10.3. The monoisotopic (exact) mass is 479 g/mol. The summed E-state index contributed by atoms with van der Waals surface area (Å²) in [6.45, 7) is 3.88. The van der Waals surface area contributed by atoms with Crippen molar-refractivity contribution in [3.8, 4) is 0 Å². The molecule has 2 aromatic carbocycles. The zero-order valence-corrected chi connectivity index (χ0v) is 19.2. The van der Waals surface area contributed by atoms with Crippen LogP contribution in [0.25, 0.3) is 6.08 Å². The first-order valence-corrected chi connectivity index (χ1v) is 11.3. The van der Waals surface area contributed by atoms with Gasteiger partial charge in [-0.3, -0.25) is 14.5 Å². The molecule has 31 heavy (non-hydrogen) atoms. The first kappa shape index (κ1) is 23.3. The molecule has 0 saturated heterocycles. The van der Waals surface area contributed by atoms with Gasteiger partial charge in [0.25, 0.3) is 5.91 Å². The van der Waals surface area contributed by atoms with E-state index in [0.717, 1.165) is 18.2 Å². The SMILES string of the molecule is CCC(C)NC(=O)CSC1=N/C(=C\c2ccc(Cl)c(Cl)c2)C(=O)N1c1ccccc1F. The number of nitrogens with zero attached hydrogens (tertiary/aromatic N) is 2. The second-order valence-electron chi connectivity index (χ2n) is 6.85. The lowest BCUT2D eigenvalue weighted by atomic mass is 10.2. The summed E-state index contributed by atoms with van der Waals surface area (Å²) in [5.41, 5.74) is 0.792. The number of para-hydroxylation sites is 1. The fraction of sp³-hybridized carbons (Fsp3) is 0.227. The summed E-state index contributed by atoms with van der Waals surface area (Å²) in [6, 6.07) is 10.9. The third-order valence-corrected chi connectivity index (χ3v) is 6.20. The zero-order chi connectivity index (χ0) is 22.5. The highest BCUT2D eigenvalue weighted by atomic mass is 35.5. The number of hydrogen-bond donors (Lipinski definition) is 1. The van der Waals surface area contributed by atoms with E-state index in [0.29, 0.717) is 15.6 Å². The van der Waals surface area contributed by atoms with Crippen LogP contribution in [0.4, 0.5) is 10.1 Å². The van der Waals surface area contributed by atoms with Crippen molar-refractivity contribution >= 4 is 63.7 Å². The molecule has 1 unspecified atom stereocenters. The van der Waals surface area contributed by atoms with Crippen LogP contribution >= 0.6 is 35.0 Å². The number of amidine groups is 1. The summed E-state index contributed by atoms with van der Waals surface area (Å²) in [5.74, 6) is -1.21. The molecule has 0 radical (unpaired) electrons. The van der Waals surface area contributed by atoms with Gasteiger partial charge in [0.2, 0.25) is 5.91 Å². The van der Waals surface area contributed by atoms with E-state index in [1.54, 1.807) is 30.3 Å². The molecule has 1 aliphatic heterocycles. The van der Waals surface area contributed by atoms with Gasteiger partial charge < -0.3 is 5.32 Å². The van der Waals surface area contributed by atoms with E-state index in [9.17, 15) is 14.0 Å². The van der Waals surface area contributed by atoms with E-state index >= 15 is 0 Å². The Balaban J connectivity index is 1.92. The Morgan fingerprint density at radius 3 is 2.68 bits per heavy atom. The van der Waals surface area contributed by atoms with Crippen LogP contribution in [-0.4, -0.2) is 28.8 Å². The van der Waals surface area contributed by atoms with E-state index in [1.165, 1.54) is 23.1 Å². The van der Waals surface area contributed by atoms with Crippen LogP contribution in [0.2, 0.25) is 10.0 Å². The van der Waals surface area contributed by atoms with Crippen LogP contribution in [0.1, 0.15) is 25.8 Å².